The molecule has 0 unspecified atom stereocenters. The second-order valence-electron chi connectivity index (χ2n) is 8.31. The summed E-state index contributed by atoms with van der Waals surface area (Å²) in [5.41, 5.74) is 3.89. The minimum absolute atomic E-state index is 0.0267. The molecule has 1 aliphatic carbocycles. The van der Waals surface area contributed by atoms with Gasteiger partial charge in [0.15, 0.2) is 11.5 Å². The number of fused-ring (bicyclic) bond motifs is 1. The van der Waals surface area contributed by atoms with E-state index in [9.17, 15) is 4.79 Å². The molecular weight excluding hydrogens is 376 g/mol. The Bertz CT molecular complexity index is 1100. The molecule has 1 saturated carbocycles. The molecule has 2 aromatic carbocycles. The molecule has 1 amide bonds. The first-order chi connectivity index (χ1) is 14.5. The average molecular weight is 400 g/mol. The number of carbonyl (C=O) groups excluding carboxylic acids is 1. The third-order valence-electron chi connectivity index (χ3n) is 6.02. The first kappa shape index (κ1) is 18.7. The van der Waals surface area contributed by atoms with Gasteiger partial charge in [-0.05, 0) is 65.3 Å². The van der Waals surface area contributed by atoms with E-state index in [0.717, 1.165) is 35.3 Å². The van der Waals surface area contributed by atoms with Gasteiger partial charge < -0.3 is 14.8 Å². The number of benzene rings is 2. The van der Waals surface area contributed by atoms with E-state index in [2.05, 4.69) is 48.4 Å². The van der Waals surface area contributed by atoms with Crippen molar-refractivity contribution in [2.24, 2.45) is 0 Å². The van der Waals surface area contributed by atoms with Gasteiger partial charge in [-0.1, -0.05) is 44.2 Å². The van der Waals surface area contributed by atoms with Crippen LogP contribution in [0.5, 0.6) is 11.5 Å². The summed E-state index contributed by atoms with van der Waals surface area (Å²) in [5.74, 6) is 2.47. The Morgan fingerprint density at radius 3 is 2.47 bits per heavy atom. The fraction of sp³-hybridized carbons (Fsp3) is 0.280. The maximum absolute atomic E-state index is 13.1. The van der Waals surface area contributed by atoms with E-state index in [1.54, 1.807) is 6.20 Å². The van der Waals surface area contributed by atoms with Gasteiger partial charge in [-0.2, -0.15) is 0 Å². The molecule has 0 bridgehead atoms. The predicted octanol–water partition coefficient (Wildman–Crippen LogP) is 5.27. The van der Waals surface area contributed by atoms with Crippen molar-refractivity contribution in [1.29, 1.82) is 0 Å². The number of carbonyl (C=O) groups is 1. The number of hydrogen-bond acceptors (Lipinski definition) is 4. The summed E-state index contributed by atoms with van der Waals surface area (Å²) in [6.07, 6.45) is 3.37. The van der Waals surface area contributed by atoms with E-state index < -0.39 is 5.41 Å². The second kappa shape index (κ2) is 7.17. The van der Waals surface area contributed by atoms with Crippen LogP contribution in [0.25, 0.3) is 11.1 Å². The van der Waals surface area contributed by atoms with Crippen LogP contribution in [0.2, 0.25) is 0 Å². The molecule has 0 spiro atoms. The van der Waals surface area contributed by atoms with Gasteiger partial charge in [-0.3, -0.25) is 4.79 Å². The molecule has 0 radical (unpaired) electrons. The lowest BCUT2D eigenvalue weighted by Crippen LogP contribution is -2.28. The van der Waals surface area contributed by atoms with Crippen LogP contribution >= 0.6 is 0 Å². The molecule has 1 N–H and O–H groups in total. The largest absolute Gasteiger partial charge is 0.454 e. The van der Waals surface area contributed by atoms with Gasteiger partial charge in [0.25, 0.3) is 0 Å². The number of amides is 1. The van der Waals surface area contributed by atoms with E-state index in [0.29, 0.717) is 17.5 Å². The Labute approximate surface area is 176 Å². The first-order valence-corrected chi connectivity index (χ1v) is 10.3. The highest BCUT2D eigenvalue weighted by Gasteiger charge is 2.51. The number of ether oxygens (including phenoxy) is 2. The molecule has 2 heterocycles. The van der Waals surface area contributed by atoms with Gasteiger partial charge in [0.05, 0.1) is 5.41 Å². The summed E-state index contributed by atoms with van der Waals surface area (Å²) in [6.45, 7) is 4.60. The fourth-order valence-electron chi connectivity index (χ4n) is 3.94. The van der Waals surface area contributed by atoms with Crippen LogP contribution in [-0.4, -0.2) is 17.7 Å². The number of aromatic nitrogens is 1. The first-order valence-electron chi connectivity index (χ1n) is 10.3. The summed E-state index contributed by atoms with van der Waals surface area (Å²) in [5, 5.41) is 3.03. The average Bonchev–Trinajstić information content (AvgIpc) is 3.45. The van der Waals surface area contributed by atoms with Crippen molar-refractivity contribution in [3.8, 4) is 22.6 Å². The Hall–Kier alpha value is -3.34. The monoisotopic (exact) mass is 400 g/mol. The third kappa shape index (κ3) is 3.30. The highest BCUT2D eigenvalue weighted by Crippen LogP contribution is 2.51. The Morgan fingerprint density at radius 2 is 1.73 bits per heavy atom. The molecule has 2 aliphatic rings. The SMILES string of the molecule is CC(C)c1ccc(-c2ccnc(NC(=O)C3(c4ccc5c(c4)OCO5)CC3)c2)cc1. The zero-order valence-electron chi connectivity index (χ0n) is 17.1. The van der Waals surface area contributed by atoms with Crippen molar-refractivity contribution in [3.05, 3.63) is 71.9 Å². The van der Waals surface area contributed by atoms with Crippen LogP contribution in [-0.2, 0) is 10.2 Å². The second-order valence-corrected chi connectivity index (χ2v) is 8.31. The molecular formula is C25H24N2O3. The van der Waals surface area contributed by atoms with Crippen LogP contribution < -0.4 is 14.8 Å². The van der Waals surface area contributed by atoms with Crippen LogP contribution in [0.3, 0.4) is 0 Å². The Balaban J connectivity index is 1.36. The molecule has 1 fully saturated rings. The molecule has 1 aliphatic heterocycles. The van der Waals surface area contributed by atoms with Crippen molar-refractivity contribution < 1.29 is 14.3 Å². The predicted molar refractivity (Wildman–Crippen MR) is 116 cm³/mol. The molecule has 5 rings (SSSR count). The van der Waals surface area contributed by atoms with Gasteiger partial charge in [0.1, 0.15) is 5.82 Å². The minimum atomic E-state index is -0.516. The van der Waals surface area contributed by atoms with Crippen LogP contribution in [0, 0.1) is 0 Å². The number of nitrogens with zero attached hydrogens (tertiary/aromatic N) is 1. The quantitative estimate of drug-likeness (QED) is 0.634. The fourth-order valence-corrected chi connectivity index (χ4v) is 3.94. The zero-order valence-corrected chi connectivity index (χ0v) is 17.1. The summed E-state index contributed by atoms with van der Waals surface area (Å²) in [6, 6.07) is 18.2. The molecule has 1 aromatic heterocycles. The lowest BCUT2D eigenvalue weighted by molar-refractivity contribution is -0.118. The van der Waals surface area contributed by atoms with E-state index in [1.165, 1.54) is 5.56 Å². The summed E-state index contributed by atoms with van der Waals surface area (Å²) >= 11 is 0. The summed E-state index contributed by atoms with van der Waals surface area (Å²) in [7, 11) is 0. The summed E-state index contributed by atoms with van der Waals surface area (Å²) in [4.78, 5) is 17.5. The summed E-state index contributed by atoms with van der Waals surface area (Å²) < 4.78 is 10.9. The Morgan fingerprint density at radius 1 is 0.967 bits per heavy atom. The van der Waals surface area contributed by atoms with Crippen molar-refractivity contribution in [2.45, 2.75) is 38.0 Å². The topological polar surface area (TPSA) is 60.5 Å². The van der Waals surface area contributed by atoms with Crippen molar-refractivity contribution in [2.75, 3.05) is 12.1 Å². The third-order valence-corrected chi connectivity index (χ3v) is 6.02. The zero-order chi connectivity index (χ0) is 20.7. The molecule has 30 heavy (non-hydrogen) atoms. The molecule has 3 aromatic rings. The van der Waals surface area contributed by atoms with Crippen LogP contribution in [0.4, 0.5) is 5.82 Å². The lowest BCUT2D eigenvalue weighted by Gasteiger charge is -2.16. The molecule has 5 heteroatoms. The number of pyridine rings is 1. The maximum atomic E-state index is 13.1. The molecule has 0 atom stereocenters. The van der Waals surface area contributed by atoms with Gasteiger partial charge in [0, 0.05) is 6.20 Å². The van der Waals surface area contributed by atoms with Crippen LogP contribution in [0.15, 0.2) is 60.8 Å². The highest BCUT2D eigenvalue weighted by molar-refractivity contribution is 6.01. The number of rotatable bonds is 5. The number of nitrogens with one attached hydrogen (secondary N) is 1. The van der Waals surface area contributed by atoms with E-state index >= 15 is 0 Å². The molecule has 5 nitrogen and oxygen atoms in total. The van der Waals surface area contributed by atoms with E-state index in [4.69, 9.17) is 9.47 Å². The van der Waals surface area contributed by atoms with Crippen molar-refractivity contribution >= 4 is 11.7 Å². The van der Waals surface area contributed by atoms with Crippen molar-refractivity contribution in [1.82, 2.24) is 4.98 Å². The Kier molecular flexibility index (Phi) is 4.46. The van der Waals surface area contributed by atoms with Gasteiger partial charge in [0.2, 0.25) is 12.7 Å². The minimum Gasteiger partial charge on any atom is -0.454 e. The number of hydrogen-bond donors (Lipinski definition) is 1. The highest BCUT2D eigenvalue weighted by atomic mass is 16.7. The standard InChI is InChI=1S/C25H24N2O3/c1-16(2)17-3-5-18(6-4-17)19-9-12-26-23(13-19)27-24(28)25(10-11-25)20-7-8-21-22(14-20)30-15-29-21/h3-9,12-14,16H,10-11,15H2,1-2H3,(H,26,27,28). The van der Waals surface area contributed by atoms with Crippen molar-refractivity contribution in [3.63, 3.8) is 0 Å². The van der Waals surface area contributed by atoms with E-state index in [1.807, 2.05) is 30.3 Å². The van der Waals surface area contributed by atoms with Gasteiger partial charge in [-0.15, -0.1) is 0 Å². The van der Waals surface area contributed by atoms with Crippen LogP contribution in [0.1, 0.15) is 43.7 Å². The smallest absolute Gasteiger partial charge is 0.236 e. The molecule has 152 valence electrons. The number of anilines is 1. The van der Waals surface area contributed by atoms with E-state index in [-0.39, 0.29) is 12.7 Å². The maximum Gasteiger partial charge on any atom is 0.236 e. The molecule has 0 saturated heterocycles. The van der Waals surface area contributed by atoms with Gasteiger partial charge in [-0.25, -0.2) is 4.98 Å². The van der Waals surface area contributed by atoms with Gasteiger partial charge >= 0.3 is 0 Å². The lowest BCUT2D eigenvalue weighted by atomic mass is 9.94. The normalized spacial score (nSPS) is 15.8.